The molecule has 4 nitrogen and oxygen atoms in total. The molecule has 0 saturated carbocycles. The maximum Gasteiger partial charge on any atom is 0.228 e. The molecule has 0 aliphatic heterocycles. The SMILES string of the molecule is [C-]#[N+]c1ccc(NC(=O)Cc2ccccc2OC)cc1. The van der Waals surface area contributed by atoms with Crippen molar-refractivity contribution >= 4 is 17.3 Å². The van der Waals surface area contributed by atoms with E-state index < -0.39 is 0 Å². The normalized spacial score (nSPS) is 9.60. The number of rotatable bonds is 4. The van der Waals surface area contributed by atoms with Crippen LogP contribution in [0.2, 0.25) is 0 Å². The van der Waals surface area contributed by atoms with E-state index in [0.717, 1.165) is 5.56 Å². The average Bonchev–Trinajstić information content (AvgIpc) is 2.48. The van der Waals surface area contributed by atoms with Gasteiger partial charge in [0.1, 0.15) is 5.75 Å². The third-order valence-corrected chi connectivity index (χ3v) is 2.82. The van der Waals surface area contributed by atoms with Gasteiger partial charge in [0.2, 0.25) is 5.91 Å². The standard InChI is InChI=1S/C16H14N2O2/c1-17-13-7-9-14(10-8-13)18-16(19)11-12-5-3-4-6-15(12)20-2/h3-10H,11H2,2H3,(H,18,19). The molecule has 0 spiro atoms. The molecule has 1 amide bonds. The fourth-order valence-corrected chi connectivity index (χ4v) is 1.85. The quantitative estimate of drug-likeness (QED) is 0.861. The second kappa shape index (κ2) is 6.39. The van der Waals surface area contributed by atoms with Gasteiger partial charge in [0.05, 0.1) is 20.1 Å². The Morgan fingerprint density at radius 3 is 2.55 bits per heavy atom. The summed E-state index contributed by atoms with van der Waals surface area (Å²) in [5, 5.41) is 2.80. The van der Waals surface area contributed by atoms with Crippen LogP contribution in [0.15, 0.2) is 48.5 Å². The van der Waals surface area contributed by atoms with E-state index in [0.29, 0.717) is 17.1 Å². The van der Waals surface area contributed by atoms with Crippen molar-refractivity contribution < 1.29 is 9.53 Å². The molecule has 4 heteroatoms. The highest BCUT2D eigenvalue weighted by Crippen LogP contribution is 2.19. The molecule has 0 radical (unpaired) electrons. The van der Waals surface area contributed by atoms with Crippen LogP contribution in [-0.4, -0.2) is 13.0 Å². The maximum atomic E-state index is 12.0. The summed E-state index contributed by atoms with van der Waals surface area (Å²) >= 11 is 0. The summed E-state index contributed by atoms with van der Waals surface area (Å²) in [5.74, 6) is 0.580. The molecule has 0 aromatic heterocycles. The first-order valence-corrected chi connectivity index (χ1v) is 6.12. The average molecular weight is 266 g/mol. The van der Waals surface area contributed by atoms with Crippen molar-refractivity contribution in [3.8, 4) is 5.75 Å². The van der Waals surface area contributed by atoms with Gasteiger partial charge in [-0.05, 0) is 18.2 Å². The minimum Gasteiger partial charge on any atom is -0.496 e. The molecule has 20 heavy (non-hydrogen) atoms. The summed E-state index contributed by atoms with van der Waals surface area (Å²) in [6.45, 7) is 6.87. The van der Waals surface area contributed by atoms with Gasteiger partial charge in [-0.2, -0.15) is 0 Å². The first-order chi connectivity index (χ1) is 9.72. The van der Waals surface area contributed by atoms with Crippen molar-refractivity contribution in [1.29, 1.82) is 0 Å². The number of hydrogen-bond acceptors (Lipinski definition) is 2. The second-order valence-electron chi connectivity index (χ2n) is 4.20. The van der Waals surface area contributed by atoms with Crippen molar-refractivity contribution in [1.82, 2.24) is 0 Å². The molecular formula is C16H14N2O2. The van der Waals surface area contributed by atoms with E-state index >= 15 is 0 Å². The Bertz CT molecular complexity index is 642. The fourth-order valence-electron chi connectivity index (χ4n) is 1.85. The Kier molecular flexibility index (Phi) is 4.35. The summed E-state index contributed by atoms with van der Waals surface area (Å²) in [7, 11) is 1.58. The Balaban J connectivity index is 2.03. The molecule has 0 saturated heterocycles. The lowest BCUT2D eigenvalue weighted by molar-refractivity contribution is -0.115. The van der Waals surface area contributed by atoms with Crippen LogP contribution in [0.1, 0.15) is 5.56 Å². The third kappa shape index (κ3) is 3.36. The number of nitrogens with one attached hydrogen (secondary N) is 1. The number of amides is 1. The van der Waals surface area contributed by atoms with E-state index in [1.54, 1.807) is 31.4 Å². The molecule has 0 aliphatic rings. The highest BCUT2D eigenvalue weighted by molar-refractivity contribution is 5.92. The van der Waals surface area contributed by atoms with Gasteiger partial charge in [-0.3, -0.25) is 4.79 Å². The molecule has 2 rings (SSSR count). The molecule has 0 bridgehead atoms. The summed E-state index contributed by atoms with van der Waals surface area (Å²) in [4.78, 5) is 15.3. The van der Waals surface area contributed by atoms with Crippen molar-refractivity contribution in [2.24, 2.45) is 0 Å². The zero-order chi connectivity index (χ0) is 14.4. The van der Waals surface area contributed by atoms with Gasteiger partial charge < -0.3 is 10.1 Å². The smallest absolute Gasteiger partial charge is 0.228 e. The highest BCUT2D eigenvalue weighted by Gasteiger charge is 2.08. The zero-order valence-electron chi connectivity index (χ0n) is 11.1. The van der Waals surface area contributed by atoms with Gasteiger partial charge >= 0.3 is 0 Å². The van der Waals surface area contributed by atoms with Crippen molar-refractivity contribution in [3.05, 3.63) is 65.5 Å². The number of para-hydroxylation sites is 1. The lowest BCUT2D eigenvalue weighted by atomic mass is 10.1. The molecule has 0 unspecified atom stereocenters. The first-order valence-electron chi connectivity index (χ1n) is 6.12. The highest BCUT2D eigenvalue weighted by atomic mass is 16.5. The van der Waals surface area contributed by atoms with E-state index in [4.69, 9.17) is 11.3 Å². The molecule has 100 valence electrons. The van der Waals surface area contributed by atoms with Gasteiger partial charge in [0.15, 0.2) is 5.69 Å². The molecular weight excluding hydrogens is 252 g/mol. The van der Waals surface area contributed by atoms with Gasteiger partial charge in [0.25, 0.3) is 0 Å². The van der Waals surface area contributed by atoms with E-state index in [2.05, 4.69) is 10.2 Å². The van der Waals surface area contributed by atoms with Crippen LogP contribution in [0.4, 0.5) is 11.4 Å². The number of ether oxygens (including phenoxy) is 1. The van der Waals surface area contributed by atoms with E-state index in [-0.39, 0.29) is 12.3 Å². The lowest BCUT2D eigenvalue weighted by Gasteiger charge is -2.09. The van der Waals surface area contributed by atoms with E-state index in [9.17, 15) is 4.79 Å². The molecule has 0 fully saturated rings. The molecule has 0 atom stereocenters. The predicted octanol–water partition coefficient (Wildman–Crippen LogP) is 3.43. The van der Waals surface area contributed by atoms with Crippen LogP contribution in [-0.2, 0) is 11.2 Å². The van der Waals surface area contributed by atoms with Gasteiger partial charge in [-0.1, -0.05) is 30.3 Å². The Morgan fingerprint density at radius 1 is 1.20 bits per heavy atom. The summed E-state index contributed by atoms with van der Waals surface area (Å²) < 4.78 is 5.21. The second-order valence-corrected chi connectivity index (χ2v) is 4.20. The van der Waals surface area contributed by atoms with E-state index in [1.807, 2.05) is 24.3 Å². The maximum absolute atomic E-state index is 12.0. The topological polar surface area (TPSA) is 42.7 Å². The number of carbonyl (C=O) groups excluding carboxylic acids is 1. The molecule has 0 heterocycles. The minimum atomic E-state index is -0.120. The van der Waals surface area contributed by atoms with E-state index in [1.165, 1.54) is 0 Å². The van der Waals surface area contributed by atoms with Crippen LogP contribution in [0.25, 0.3) is 4.85 Å². The number of carbonyl (C=O) groups is 1. The summed E-state index contributed by atoms with van der Waals surface area (Å²) in [6, 6.07) is 14.2. The number of anilines is 1. The Hall–Kier alpha value is -2.80. The largest absolute Gasteiger partial charge is 0.496 e. The number of nitrogens with zero attached hydrogens (tertiary/aromatic N) is 1. The number of methoxy groups -OCH3 is 1. The molecule has 0 aliphatic carbocycles. The summed E-state index contributed by atoms with van der Waals surface area (Å²) in [6.07, 6.45) is 0.245. The lowest BCUT2D eigenvalue weighted by Crippen LogP contribution is -2.14. The number of hydrogen-bond donors (Lipinski definition) is 1. The first kappa shape index (κ1) is 13.6. The zero-order valence-corrected chi connectivity index (χ0v) is 11.1. The van der Waals surface area contributed by atoms with Crippen LogP contribution in [0, 0.1) is 6.57 Å². The third-order valence-electron chi connectivity index (χ3n) is 2.82. The fraction of sp³-hybridized carbons (Fsp3) is 0.125. The Labute approximate surface area is 117 Å². The van der Waals surface area contributed by atoms with Crippen molar-refractivity contribution in [2.45, 2.75) is 6.42 Å². The van der Waals surface area contributed by atoms with Gasteiger partial charge in [-0.15, -0.1) is 0 Å². The van der Waals surface area contributed by atoms with Crippen LogP contribution >= 0.6 is 0 Å². The summed E-state index contributed by atoms with van der Waals surface area (Å²) in [5.41, 5.74) is 2.07. The van der Waals surface area contributed by atoms with Crippen molar-refractivity contribution in [2.75, 3.05) is 12.4 Å². The molecule has 2 aromatic rings. The van der Waals surface area contributed by atoms with Gasteiger partial charge in [-0.25, -0.2) is 4.85 Å². The minimum absolute atomic E-state index is 0.120. The van der Waals surface area contributed by atoms with Crippen LogP contribution in [0.5, 0.6) is 5.75 Å². The molecule has 2 aromatic carbocycles. The van der Waals surface area contributed by atoms with Gasteiger partial charge in [0, 0.05) is 11.3 Å². The van der Waals surface area contributed by atoms with Crippen LogP contribution in [0.3, 0.4) is 0 Å². The number of benzene rings is 2. The molecule has 1 N–H and O–H groups in total. The Morgan fingerprint density at radius 2 is 1.90 bits per heavy atom. The van der Waals surface area contributed by atoms with Crippen molar-refractivity contribution in [3.63, 3.8) is 0 Å². The monoisotopic (exact) mass is 266 g/mol. The predicted molar refractivity (Wildman–Crippen MR) is 78.0 cm³/mol. The van der Waals surface area contributed by atoms with Crippen LogP contribution < -0.4 is 10.1 Å².